The maximum Gasteiger partial charge on any atom is 0.238 e. The number of nitrogens with zero attached hydrogens (tertiary/aromatic N) is 3. The minimum Gasteiger partial charge on any atom is -0.332 e. The van der Waals surface area contributed by atoms with Crippen LogP contribution in [0.1, 0.15) is 34.4 Å². The average molecular weight is 538 g/mol. The van der Waals surface area contributed by atoms with E-state index in [9.17, 15) is 13.2 Å². The molecule has 2 heterocycles. The summed E-state index contributed by atoms with van der Waals surface area (Å²) in [6.45, 7) is 5.58. The first kappa shape index (κ1) is 27.3. The smallest absolute Gasteiger partial charge is 0.238 e. The molecule has 196 valence electrons. The fourth-order valence-electron chi connectivity index (χ4n) is 4.40. The van der Waals surface area contributed by atoms with Crippen LogP contribution in [-0.4, -0.2) is 61.2 Å². The molecule has 0 saturated carbocycles. The fourth-order valence-corrected chi connectivity index (χ4v) is 6.45. The second-order valence-corrected chi connectivity index (χ2v) is 12.2. The highest BCUT2D eigenvalue weighted by Crippen LogP contribution is 2.20. The number of thiophene rings is 1. The SMILES string of the molecule is Cc1ccsc1CN(Cc1ccccc1)C(=O)CN(CCN1CCCC1)S(=O)(=O)C=Cc1ccccc1. The fraction of sp³-hybridized carbons (Fsp3) is 0.345. The Morgan fingerprint density at radius 3 is 2.30 bits per heavy atom. The van der Waals surface area contributed by atoms with Crippen LogP contribution in [0.4, 0.5) is 0 Å². The van der Waals surface area contributed by atoms with Crippen molar-refractivity contribution in [2.24, 2.45) is 0 Å². The molecule has 0 atom stereocenters. The molecule has 1 saturated heterocycles. The van der Waals surface area contributed by atoms with Gasteiger partial charge >= 0.3 is 0 Å². The second-order valence-electron chi connectivity index (χ2n) is 9.40. The van der Waals surface area contributed by atoms with Crippen LogP contribution in [0.15, 0.2) is 77.5 Å². The van der Waals surface area contributed by atoms with E-state index in [1.54, 1.807) is 22.3 Å². The summed E-state index contributed by atoms with van der Waals surface area (Å²) in [5.41, 5.74) is 2.96. The molecule has 6 nitrogen and oxygen atoms in total. The predicted octanol–water partition coefficient (Wildman–Crippen LogP) is 4.98. The molecule has 0 radical (unpaired) electrons. The number of benzene rings is 2. The molecule has 1 aliphatic rings. The highest BCUT2D eigenvalue weighted by atomic mass is 32.2. The third kappa shape index (κ3) is 8.10. The number of hydrogen-bond acceptors (Lipinski definition) is 5. The first-order valence-corrected chi connectivity index (χ1v) is 15.1. The van der Waals surface area contributed by atoms with E-state index in [-0.39, 0.29) is 19.0 Å². The number of amides is 1. The zero-order valence-corrected chi connectivity index (χ0v) is 23.0. The van der Waals surface area contributed by atoms with Crippen LogP contribution < -0.4 is 0 Å². The lowest BCUT2D eigenvalue weighted by Gasteiger charge is -2.28. The Morgan fingerprint density at radius 1 is 0.973 bits per heavy atom. The first-order valence-electron chi connectivity index (χ1n) is 12.7. The summed E-state index contributed by atoms with van der Waals surface area (Å²) in [7, 11) is -3.80. The summed E-state index contributed by atoms with van der Waals surface area (Å²) < 4.78 is 28.2. The highest BCUT2D eigenvalue weighted by Gasteiger charge is 2.27. The Bertz CT molecular complexity index is 1270. The van der Waals surface area contributed by atoms with Gasteiger partial charge in [0.1, 0.15) is 0 Å². The van der Waals surface area contributed by atoms with Gasteiger partial charge in [-0.2, -0.15) is 4.31 Å². The summed E-state index contributed by atoms with van der Waals surface area (Å²) in [6.07, 6.45) is 3.86. The molecule has 8 heteroatoms. The Balaban J connectivity index is 1.55. The van der Waals surface area contributed by atoms with Crippen LogP contribution in [-0.2, 0) is 27.9 Å². The van der Waals surface area contributed by atoms with Gasteiger partial charge in [0.15, 0.2) is 0 Å². The normalized spacial score (nSPS) is 14.5. The van der Waals surface area contributed by atoms with Gasteiger partial charge in [-0.3, -0.25) is 4.79 Å². The van der Waals surface area contributed by atoms with Crippen molar-refractivity contribution >= 4 is 33.3 Å². The van der Waals surface area contributed by atoms with Crippen molar-refractivity contribution in [1.29, 1.82) is 0 Å². The number of carbonyl (C=O) groups excluding carboxylic acids is 1. The van der Waals surface area contributed by atoms with Gasteiger partial charge in [-0.15, -0.1) is 11.3 Å². The number of hydrogen-bond donors (Lipinski definition) is 0. The van der Waals surface area contributed by atoms with E-state index >= 15 is 0 Å². The van der Waals surface area contributed by atoms with Crippen LogP contribution in [0.25, 0.3) is 6.08 Å². The molecule has 0 spiro atoms. The predicted molar refractivity (Wildman–Crippen MR) is 151 cm³/mol. The molecule has 37 heavy (non-hydrogen) atoms. The van der Waals surface area contributed by atoms with E-state index in [2.05, 4.69) is 4.90 Å². The molecule has 0 aliphatic carbocycles. The molecular weight excluding hydrogens is 502 g/mol. The minimum absolute atomic E-state index is 0.188. The molecular formula is C29H35N3O3S2. The van der Waals surface area contributed by atoms with Gasteiger partial charge in [-0.25, -0.2) is 8.42 Å². The van der Waals surface area contributed by atoms with Gasteiger partial charge in [-0.1, -0.05) is 60.7 Å². The molecule has 1 amide bonds. The van der Waals surface area contributed by atoms with Crippen LogP contribution >= 0.6 is 11.3 Å². The maximum absolute atomic E-state index is 13.7. The monoisotopic (exact) mass is 537 g/mol. The average Bonchev–Trinajstić information content (AvgIpc) is 3.58. The van der Waals surface area contributed by atoms with E-state index < -0.39 is 10.0 Å². The quantitative estimate of drug-likeness (QED) is 0.327. The zero-order chi connectivity index (χ0) is 26.1. The van der Waals surface area contributed by atoms with E-state index in [0.717, 1.165) is 47.5 Å². The van der Waals surface area contributed by atoms with Crippen molar-refractivity contribution < 1.29 is 13.2 Å². The lowest BCUT2D eigenvalue weighted by molar-refractivity contribution is -0.132. The third-order valence-electron chi connectivity index (χ3n) is 6.64. The lowest BCUT2D eigenvalue weighted by Crippen LogP contribution is -2.44. The largest absolute Gasteiger partial charge is 0.332 e. The van der Waals surface area contributed by atoms with Gasteiger partial charge in [0, 0.05) is 29.9 Å². The summed E-state index contributed by atoms with van der Waals surface area (Å²) in [6, 6.07) is 21.2. The van der Waals surface area contributed by atoms with Crippen LogP contribution in [0.5, 0.6) is 0 Å². The van der Waals surface area contributed by atoms with Gasteiger partial charge in [-0.05, 0) is 67.1 Å². The summed E-state index contributed by atoms with van der Waals surface area (Å²) >= 11 is 1.62. The summed E-state index contributed by atoms with van der Waals surface area (Å²) in [5.74, 6) is -0.199. The van der Waals surface area contributed by atoms with E-state index in [4.69, 9.17) is 0 Å². The van der Waals surface area contributed by atoms with Gasteiger partial charge in [0.25, 0.3) is 0 Å². The number of likely N-dealkylation sites (tertiary alicyclic amines) is 1. The molecule has 0 unspecified atom stereocenters. The molecule has 1 fully saturated rings. The maximum atomic E-state index is 13.7. The van der Waals surface area contributed by atoms with Gasteiger partial charge < -0.3 is 9.80 Å². The minimum atomic E-state index is -3.80. The van der Waals surface area contributed by atoms with Crippen molar-refractivity contribution in [1.82, 2.24) is 14.1 Å². The van der Waals surface area contributed by atoms with Crippen LogP contribution in [0, 0.1) is 6.92 Å². The number of aryl methyl sites for hydroxylation is 1. The van der Waals surface area contributed by atoms with Crippen molar-refractivity contribution in [2.45, 2.75) is 32.9 Å². The highest BCUT2D eigenvalue weighted by molar-refractivity contribution is 7.92. The molecule has 1 aromatic heterocycles. The van der Waals surface area contributed by atoms with Crippen molar-refractivity contribution in [3.05, 3.63) is 99.1 Å². The van der Waals surface area contributed by atoms with Gasteiger partial charge in [0.05, 0.1) is 13.1 Å². The van der Waals surface area contributed by atoms with Crippen LogP contribution in [0.2, 0.25) is 0 Å². The lowest BCUT2D eigenvalue weighted by atomic mass is 10.2. The Morgan fingerprint density at radius 2 is 1.65 bits per heavy atom. The summed E-state index contributed by atoms with van der Waals surface area (Å²) in [5, 5.41) is 3.25. The molecule has 2 aromatic carbocycles. The molecule has 4 rings (SSSR count). The second kappa shape index (κ2) is 13.1. The Hall–Kier alpha value is -2.78. The summed E-state index contributed by atoms with van der Waals surface area (Å²) in [4.78, 5) is 18.8. The van der Waals surface area contributed by atoms with Crippen molar-refractivity contribution in [2.75, 3.05) is 32.7 Å². The number of carbonyl (C=O) groups is 1. The Labute approximate surface area is 224 Å². The van der Waals surface area contributed by atoms with E-state index in [1.807, 2.05) is 79.0 Å². The topological polar surface area (TPSA) is 60.9 Å². The van der Waals surface area contributed by atoms with Crippen LogP contribution in [0.3, 0.4) is 0 Å². The number of rotatable bonds is 12. The van der Waals surface area contributed by atoms with Gasteiger partial charge in [0.2, 0.25) is 15.9 Å². The third-order valence-corrected chi connectivity index (χ3v) is 9.16. The van der Waals surface area contributed by atoms with E-state index in [1.165, 1.54) is 9.71 Å². The van der Waals surface area contributed by atoms with Crippen molar-refractivity contribution in [3.8, 4) is 0 Å². The standard InChI is InChI=1S/C29H35N3O3S2/c1-25-14-20-36-28(25)23-31(22-27-12-6-3-7-13-27)29(33)24-32(19-18-30-16-8-9-17-30)37(34,35)21-15-26-10-4-2-5-11-26/h2-7,10-15,20-21H,8-9,16-19,22-24H2,1H3. The zero-order valence-electron chi connectivity index (χ0n) is 21.3. The molecule has 0 N–H and O–H groups in total. The molecule has 1 aliphatic heterocycles. The van der Waals surface area contributed by atoms with E-state index in [0.29, 0.717) is 19.6 Å². The molecule has 3 aromatic rings. The van der Waals surface area contributed by atoms with Crippen molar-refractivity contribution in [3.63, 3.8) is 0 Å². The Kier molecular flexibility index (Phi) is 9.68. The first-order chi connectivity index (χ1) is 17.9. The number of sulfonamides is 1. The molecule has 0 bridgehead atoms.